The van der Waals surface area contributed by atoms with Crippen molar-refractivity contribution in [1.82, 2.24) is 5.32 Å². The molecule has 2 rings (SSSR count). The third-order valence-corrected chi connectivity index (χ3v) is 6.88. The molecule has 1 saturated carbocycles. The van der Waals surface area contributed by atoms with E-state index in [0.717, 1.165) is 11.2 Å². The second kappa shape index (κ2) is 5.13. The van der Waals surface area contributed by atoms with Crippen molar-refractivity contribution in [2.45, 2.75) is 76.3 Å². The van der Waals surface area contributed by atoms with E-state index < -0.39 is 0 Å². The van der Waals surface area contributed by atoms with Crippen LogP contribution in [0.1, 0.15) is 66.2 Å². The van der Waals surface area contributed by atoms with Gasteiger partial charge >= 0.3 is 0 Å². The highest BCUT2D eigenvalue weighted by Gasteiger charge is 2.41. The summed E-state index contributed by atoms with van der Waals surface area (Å²) in [5, 5.41) is 4.67. The van der Waals surface area contributed by atoms with Crippen LogP contribution in [0.25, 0.3) is 0 Å². The summed E-state index contributed by atoms with van der Waals surface area (Å²) in [6.07, 6.45) is 8.28. The average molecular weight is 255 g/mol. The van der Waals surface area contributed by atoms with E-state index in [9.17, 15) is 0 Å². The summed E-state index contributed by atoms with van der Waals surface area (Å²) in [4.78, 5) is 0.442. The van der Waals surface area contributed by atoms with Crippen LogP contribution in [0.2, 0.25) is 0 Å². The van der Waals surface area contributed by atoms with Crippen LogP contribution in [0, 0.1) is 11.3 Å². The van der Waals surface area contributed by atoms with Crippen LogP contribution >= 0.6 is 11.8 Å². The molecular weight excluding hydrogens is 226 g/mol. The molecule has 17 heavy (non-hydrogen) atoms. The van der Waals surface area contributed by atoms with Crippen molar-refractivity contribution in [2.75, 3.05) is 6.54 Å². The molecule has 1 nitrogen and oxygen atoms in total. The number of nitrogens with one attached hydrogen (secondary N) is 1. The molecule has 100 valence electrons. The van der Waals surface area contributed by atoms with E-state index in [1.807, 2.05) is 0 Å². The lowest BCUT2D eigenvalue weighted by atomic mass is 9.68. The van der Waals surface area contributed by atoms with E-state index in [-0.39, 0.29) is 0 Å². The van der Waals surface area contributed by atoms with Gasteiger partial charge in [0.25, 0.3) is 0 Å². The number of hydrogen-bond acceptors (Lipinski definition) is 2. The van der Waals surface area contributed by atoms with Crippen molar-refractivity contribution in [2.24, 2.45) is 11.3 Å². The second-order valence-corrected chi connectivity index (χ2v) is 8.58. The van der Waals surface area contributed by atoms with Crippen molar-refractivity contribution < 1.29 is 0 Å². The van der Waals surface area contributed by atoms with Crippen molar-refractivity contribution in [1.29, 1.82) is 0 Å². The summed E-state index contributed by atoms with van der Waals surface area (Å²) in [5.74, 6) is 0.942. The van der Waals surface area contributed by atoms with Gasteiger partial charge in [-0.3, -0.25) is 0 Å². The number of thioether (sulfide) groups is 1. The maximum absolute atomic E-state index is 3.82. The van der Waals surface area contributed by atoms with E-state index in [0.29, 0.717) is 10.3 Å². The molecule has 1 saturated heterocycles. The molecule has 2 aliphatic rings. The summed E-state index contributed by atoms with van der Waals surface area (Å²) < 4.78 is 0. The largest absolute Gasteiger partial charge is 0.303 e. The molecule has 0 aromatic rings. The van der Waals surface area contributed by atoms with Crippen LogP contribution in [0.5, 0.6) is 0 Å². The predicted octanol–water partition coefficient (Wildman–Crippen LogP) is 4.42. The number of hydrogen-bond donors (Lipinski definition) is 1. The van der Waals surface area contributed by atoms with Gasteiger partial charge in [-0.1, -0.05) is 34.1 Å². The molecule has 2 heteroatoms. The zero-order chi connectivity index (χ0) is 12.5. The highest BCUT2D eigenvalue weighted by Crippen LogP contribution is 2.49. The molecule has 1 aliphatic carbocycles. The van der Waals surface area contributed by atoms with Gasteiger partial charge in [0.05, 0.1) is 4.87 Å². The van der Waals surface area contributed by atoms with E-state index >= 15 is 0 Å². The van der Waals surface area contributed by atoms with Crippen LogP contribution in [0.15, 0.2) is 0 Å². The van der Waals surface area contributed by atoms with E-state index in [1.54, 1.807) is 0 Å². The first-order valence-electron chi connectivity index (χ1n) is 7.40. The normalized spacial score (nSPS) is 39.5. The number of rotatable bonds is 2. The molecule has 1 aliphatic heterocycles. The molecule has 1 atom stereocenters. The van der Waals surface area contributed by atoms with Gasteiger partial charge in [-0.15, -0.1) is 11.8 Å². The predicted molar refractivity (Wildman–Crippen MR) is 78.4 cm³/mol. The Morgan fingerprint density at radius 1 is 1.24 bits per heavy atom. The Bertz CT molecular complexity index is 254. The summed E-state index contributed by atoms with van der Waals surface area (Å²) in [7, 11) is 0. The summed E-state index contributed by atoms with van der Waals surface area (Å²) in [5.41, 5.74) is 0.548. The quantitative estimate of drug-likeness (QED) is 0.783. The van der Waals surface area contributed by atoms with Crippen LogP contribution in [-0.2, 0) is 0 Å². The van der Waals surface area contributed by atoms with E-state index in [1.165, 1.54) is 45.1 Å². The van der Waals surface area contributed by atoms with Crippen LogP contribution < -0.4 is 5.32 Å². The minimum Gasteiger partial charge on any atom is -0.303 e. The lowest BCUT2D eigenvalue weighted by molar-refractivity contribution is 0.127. The molecule has 1 N–H and O–H groups in total. The maximum Gasteiger partial charge on any atom is 0.0648 e. The zero-order valence-corrected chi connectivity index (χ0v) is 12.8. The highest BCUT2D eigenvalue weighted by molar-refractivity contribution is 8.01. The fourth-order valence-electron chi connectivity index (χ4n) is 3.44. The summed E-state index contributed by atoms with van der Waals surface area (Å²) in [6, 6.07) is 0. The Balaban J connectivity index is 1.93. The third-order valence-electron chi connectivity index (χ3n) is 5.23. The SMILES string of the molecule is CCC(C)(C)C1CCC2(CC1)NCCC(C)S2. The Hall–Kier alpha value is 0.310. The van der Waals surface area contributed by atoms with Crippen molar-refractivity contribution in [3.05, 3.63) is 0 Å². The Morgan fingerprint density at radius 3 is 2.41 bits per heavy atom. The van der Waals surface area contributed by atoms with Crippen LogP contribution in [-0.4, -0.2) is 16.7 Å². The summed E-state index contributed by atoms with van der Waals surface area (Å²) >= 11 is 2.22. The first-order chi connectivity index (χ1) is 7.97. The molecule has 1 unspecified atom stereocenters. The standard InChI is InChI=1S/C15H29NS/c1-5-14(3,4)13-6-9-15(10-7-13)16-11-8-12(2)17-15/h12-13,16H,5-11H2,1-4H3. The fourth-order valence-corrected chi connectivity index (χ4v) is 5.10. The lowest BCUT2D eigenvalue weighted by Crippen LogP contribution is -2.51. The molecule has 1 spiro atoms. The average Bonchev–Trinajstić information content (AvgIpc) is 2.29. The zero-order valence-electron chi connectivity index (χ0n) is 12.0. The van der Waals surface area contributed by atoms with Gasteiger partial charge in [0.1, 0.15) is 0 Å². The molecule has 0 bridgehead atoms. The minimum absolute atomic E-state index is 0.442. The fraction of sp³-hybridized carbons (Fsp3) is 1.00. The topological polar surface area (TPSA) is 12.0 Å². The smallest absolute Gasteiger partial charge is 0.0648 e. The summed E-state index contributed by atoms with van der Waals surface area (Å²) in [6.45, 7) is 10.9. The molecular formula is C15H29NS. The van der Waals surface area contributed by atoms with Crippen molar-refractivity contribution in [3.63, 3.8) is 0 Å². The molecule has 0 radical (unpaired) electrons. The maximum atomic E-state index is 3.82. The second-order valence-electron chi connectivity index (χ2n) is 6.75. The van der Waals surface area contributed by atoms with Gasteiger partial charge in [-0.2, -0.15) is 0 Å². The molecule has 0 aromatic carbocycles. The minimum atomic E-state index is 0.442. The molecule has 1 heterocycles. The van der Waals surface area contributed by atoms with Gasteiger partial charge in [0.15, 0.2) is 0 Å². The van der Waals surface area contributed by atoms with Crippen molar-refractivity contribution in [3.8, 4) is 0 Å². The molecule has 0 aromatic heterocycles. The molecule has 2 fully saturated rings. The molecule has 0 amide bonds. The van der Waals surface area contributed by atoms with Crippen molar-refractivity contribution >= 4 is 11.8 Å². The monoisotopic (exact) mass is 255 g/mol. The Labute approximate surface area is 112 Å². The van der Waals surface area contributed by atoms with Crippen LogP contribution in [0.3, 0.4) is 0 Å². The first-order valence-corrected chi connectivity index (χ1v) is 8.28. The van der Waals surface area contributed by atoms with Gasteiger partial charge < -0.3 is 5.32 Å². The van der Waals surface area contributed by atoms with Gasteiger partial charge in [0.2, 0.25) is 0 Å². The lowest BCUT2D eigenvalue weighted by Gasteiger charge is -2.48. The Morgan fingerprint density at radius 2 is 1.88 bits per heavy atom. The Kier molecular flexibility index (Phi) is 4.14. The van der Waals surface area contributed by atoms with E-state index in [2.05, 4.69) is 44.8 Å². The van der Waals surface area contributed by atoms with E-state index in [4.69, 9.17) is 0 Å². The van der Waals surface area contributed by atoms with Gasteiger partial charge in [-0.25, -0.2) is 0 Å². The highest BCUT2D eigenvalue weighted by atomic mass is 32.2. The van der Waals surface area contributed by atoms with Gasteiger partial charge in [-0.05, 0) is 50.0 Å². The third kappa shape index (κ3) is 3.01. The first kappa shape index (κ1) is 13.7. The van der Waals surface area contributed by atoms with Crippen LogP contribution in [0.4, 0.5) is 0 Å². The van der Waals surface area contributed by atoms with Gasteiger partial charge in [0, 0.05) is 5.25 Å².